The number of thiophene rings is 1. The second kappa shape index (κ2) is 9.93. The molecule has 0 saturated carbocycles. The van der Waals surface area contributed by atoms with Crippen molar-refractivity contribution in [2.75, 3.05) is 18.9 Å². The smallest absolute Gasteiger partial charge is 0.261 e. The van der Waals surface area contributed by atoms with E-state index < -0.39 is 6.04 Å². The van der Waals surface area contributed by atoms with Gasteiger partial charge in [-0.05, 0) is 31.0 Å². The maximum absolute atomic E-state index is 13.5. The molecule has 3 aromatic rings. The fourth-order valence-corrected chi connectivity index (χ4v) is 5.04. The molecule has 33 heavy (non-hydrogen) atoms. The molecule has 2 amide bonds. The molecule has 2 unspecified atom stereocenters. The molecular weight excluding hydrogens is 462 g/mol. The van der Waals surface area contributed by atoms with E-state index in [0.717, 1.165) is 22.9 Å². The number of hydrogen-bond donors (Lipinski definition) is 1. The molecule has 4 rings (SSSR count). The molecule has 0 bridgehead atoms. The highest BCUT2D eigenvalue weighted by Gasteiger charge is 2.40. The number of nitrogen functional groups attached to an aromatic ring is 1. The molecule has 3 heterocycles. The summed E-state index contributed by atoms with van der Waals surface area (Å²) in [6.45, 7) is 4.74. The van der Waals surface area contributed by atoms with Crippen LogP contribution in [0, 0.1) is 0 Å². The van der Waals surface area contributed by atoms with E-state index in [4.69, 9.17) is 22.1 Å². The molecular formula is C23H26ClN5O3S. The molecule has 0 spiro atoms. The molecule has 1 saturated heterocycles. The Labute approximate surface area is 201 Å². The van der Waals surface area contributed by atoms with Gasteiger partial charge < -0.3 is 20.3 Å². The van der Waals surface area contributed by atoms with Crippen molar-refractivity contribution < 1.29 is 14.3 Å². The van der Waals surface area contributed by atoms with Gasteiger partial charge in [0, 0.05) is 36.0 Å². The molecule has 10 heteroatoms. The van der Waals surface area contributed by atoms with E-state index in [-0.39, 0.29) is 24.5 Å². The summed E-state index contributed by atoms with van der Waals surface area (Å²) in [5, 5.41) is 3.69. The zero-order valence-corrected chi connectivity index (χ0v) is 20.1. The van der Waals surface area contributed by atoms with Crippen molar-refractivity contribution in [2.24, 2.45) is 0 Å². The Morgan fingerprint density at radius 2 is 2.15 bits per heavy atom. The largest absolute Gasteiger partial charge is 0.474 e. The predicted molar refractivity (Wildman–Crippen MR) is 129 cm³/mol. The minimum Gasteiger partial charge on any atom is -0.474 e. The number of ether oxygens (including phenoxy) is 1. The third kappa shape index (κ3) is 5.04. The normalized spacial score (nSPS) is 18.7. The second-order valence-corrected chi connectivity index (χ2v) is 9.46. The number of rotatable bonds is 7. The maximum Gasteiger partial charge on any atom is 0.261 e. The topological polar surface area (TPSA) is 102 Å². The fourth-order valence-electron chi connectivity index (χ4n) is 4.12. The zero-order chi connectivity index (χ0) is 23.5. The highest BCUT2D eigenvalue weighted by molar-refractivity contribution is 7.12. The monoisotopic (exact) mass is 487 g/mol. The van der Waals surface area contributed by atoms with E-state index in [1.807, 2.05) is 36.9 Å². The third-order valence-electron chi connectivity index (χ3n) is 5.79. The number of piperazine rings is 1. The van der Waals surface area contributed by atoms with Crippen molar-refractivity contribution in [2.45, 2.75) is 45.3 Å². The lowest BCUT2D eigenvalue weighted by Crippen LogP contribution is -2.62. The average molecular weight is 488 g/mol. The number of amides is 2. The maximum atomic E-state index is 13.5. The number of nitrogens with two attached hydrogens (primary N) is 1. The summed E-state index contributed by atoms with van der Waals surface area (Å²) in [5.74, 6) is 0.180. The van der Waals surface area contributed by atoms with E-state index in [2.05, 4.69) is 9.97 Å². The summed E-state index contributed by atoms with van der Waals surface area (Å²) in [4.78, 5) is 38.3. The SMILES string of the molecule is CCCC1C(=O)N(Cc2ccc3c(N)ncnc3c2)C(C)CN1C(=O)COc1cc(Cl)cs1. The van der Waals surface area contributed by atoms with Gasteiger partial charge in [-0.1, -0.05) is 31.0 Å². The first-order chi connectivity index (χ1) is 15.9. The standard InChI is InChI=1S/C23H26ClN5O3S/c1-3-4-19-23(31)28(10-15-5-6-17-18(7-15)26-13-27-22(17)25)14(2)9-29(19)20(30)11-32-21-8-16(24)12-33-21/h5-8,12-14,19H,3-4,9-11H2,1-2H3,(H2,25,26,27). The van der Waals surface area contributed by atoms with Gasteiger partial charge in [0.15, 0.2) is 11.7 Å². The third-order valence-corrected chi connectivity index (χ3v) is 6.97. The summed E-state index contributed by atoms with van der Waals surface area (Å²) >= 11 is 7.26. The van der Waals surface area contributed by atoms with Gasteiger partial charge in [-0.15, -0.1) is 11.3 Å². The van der Waals surface area contributed by atoms with Crippen molar-refractivity contribution >= 4 is 51.5 Å². The Morgan fingerprint density at radius 1 is 1.33 bits per heavy atom. The van der Waals surface area contributed by atoms with E-state index in [1.54, 1.807) is 16.3 Å². The minimum absolute atomic E-state index is 0.0505. The number of carbonyl (C=O) groups is 2. The molecule has 1 aliphatic heterocycles. The van der Waals surface area contributed by atoms with Crippen molar-refractivity contribution in [3.63, 3.8) is 0 Å². The van der Waals surface area contributed by atoms with Crippen LogP contribution in [0.15, 0.2) is 36.0 Å². The van der Waals surface area contributed by atoms with Gasteiger partial charge in [-0.2, -0.15) is 0 Å². The van der Waals surface area contributed by atoms with Crippen LogP contribution in [0.4, 0.5) is 5.82 Å². The Balaban J connectivity index is 1.49. The van der Waals surface area contributed by atoms with E-state index in [0.29, 0.717) is 35.4 Å². The predicted octanol–water partition coefficient (Wildman–Crippen LogP) is 3.73. The van der Waals surface area contributed by atoms with Crippen LogP contribution in [-0.2, 0) is 16.1 Å². The van der Waals surface area contributed by atoms with Gasteiger partial charge >= 0.3 is 0 Å². The number of nitrogens with zero attached hydrogens (tertiary/aromatic N) is 4. The Kier molecular flexibility index (Phi) is 6.99. The summed E-state index contributed by atoms with van der Waals surface area (Å²) < 4.78 is 5.61. The van der Waals surface area contributed by atoms with Crippen LogP contribution in [0.25, 0.3) is 10.9 Å². The van der Waals surface area contributed by atoms with E-state index in [9.17, 15) is 9.59 Å². The summed E-state index contributed by atoms with van der Waals surface area (Å²) in [6.07, 6.45) is 2.82. The first-order valence-corrected chi connectivity index (χ1v) is 12.1. The molecule has 1 aliphatic rings. The van der Waals surface area contributed by atoms with Crippen LogP contribution in [0.2, 0.25) is 5.02 Å². The van der Waals surface area contributed by atoms with Crippen molar-refractivity contribution in [1.82, 2.24) is 19.8 Å². The van der Waals surface area contributed by atoms with Gasteiger partial charge in [0.25, 0.3) is 5.91 Å². The average Bonchev–Trinajstić information content (AvgIpc) is 3.22. The van der Waals surface area contributed by atoms with Crippen LogP contribution in [-0.4, -0.2) is 56.8 Å². The van der Waals surface area contributed by atoms with Crippen molar-refractivity contribution in [1.29, 1.82) is 0 Å². The van der Waals surface area contributed by atoms with Gasteiger partial charge in [0.05, 0.1) is 10.5 Å². The molecule has 0 radical (unpaired) electrons. The van der Waals surface area contributed by atoms with Crippen molar-refractivity contribution in [3.8, 4) is 5.06 Å². The van der Waals surface area contributed by atoms with E-state index >= 15 is 0 Å². The molecule has 8 nitrogen and oxygen atoms in total. The van der Waals surface area contributed by atoms with Crippen LogP contribution < -0.4 is 10.5 Å². The number of halogens is 1. The van der Waals surface area contributed by atoms with Crippen LogP contribution in [0.3, 0.4) is 0 Å². The minimum atomic E-state index is -0.507. The quantitative estimate of drug-likeness (QED) is 0.544. The molecule has 2 atom stereocenters. The second-order valence-electron chi connectivity index (χ2n) is 8.15. The number of carbonyl (C=O) groups excluding carboxylic acids is 2. The summed E-state index contributed by atoms with van der Waals surface area (Å²) in [7, 11) is 0. The summed E-state index contributed by atoms with van der Waals surface area (Å²) in [5.41, 5.74) is 7.62. The Bertz CT molecular complexity index is 1170. The van der Waals surface area contributed by atoms with Gasteiger partial charge in [-0.25, -0.2) is 9.97 Å². The van der Waals surface area contributed by atoms with Gasteiger partial charge in [0.1, 0.15) is 18.2 Å². The molecule has 1 aromatic carbocycles. The van der Waals surface area contributed by atoms with Crippen LogP contribution in [0.5, 0.6) is 5.06 Å². The highest BCUT2D eigenvalue weighted by Crippen LogP contribution is 2.28. The number of fused-ring (bicyclic) bond motifs is 1. The Hall–Kier alpha value is -2.91. The van der Waals surface area contributed by atoms with Gasteiger partial charge in [-0.3, -0.25) is 9.59 Å². The van der Waals surface area contributed by atoms with Crippen LogP contribution >= 0.6 is 22.9 Å². The molecule has 0 aliphatic carbocycles. The lowest BCUT2D eigenvalue weighted by molar-refractivity contribution is -0.156. The number of hydrogen-bond acceptors (Lipinski definition) is 7. The van der Waals surface area contributed by atoms with Crippen LogP contribution in [0.1, 0.15) is 32.3 Å². The molecule has 174 valence electrons. The first kappa shape index (κ1) is 23.3. The molecule has 2 aromatic heterocycles. The summed E-state index contributed by atoms with van der Waals surface area (Å²) in [6, 6.07) is 6.78. The lowest BCUT2D eigenvalue weighted by Gasteiger charge is -2.44. The lowest BCUT2D eigenvalue weighted by atomic mass is 10.0. The molecule has 2 N–H and O–H groups in total. The number of anilines is 1. The number of benzene rings is 1. The fraction of sp³-hybridized carbons (Fsp3) is 0.391. The van der Waals surface area contributed by atoms with Crippen molar-refractivity contribution in [3.05, 3.63) is 46.6 Å². The van der Waals surface area contributed by atoms with Gasteiger partial charge in [0.2, 0.25) is 5.91 Å². The highest BCUT2D eigenvalue weighted by atomic mass is 35.5. The molecule has 1 fully saturated rings. The number of aromatic nitrogens is 2. The van der Waals surface area contributed by atoms with E-state index in [1.165, 1.54) is 17.7 Å². The Morgan fingerprint density at radius 3 is 2.88 bits per heavy atom. The first-order valence-electron chi connectivity index (χ1n) is 10.8. The zero-order valence-electron chi connectivity index (χ0n) is 18.5.